The van der Waals surface area contributed by atoms with E-state index in [0.29, 0.717) is 12.0 Å². The molecule has 0 spiro atoms. The lowest BCUT2D eigenvalue weighted by Crippen LogP contribution is -2.26. The molecule has 0 radical (unpaired) electrons. The van der Waals surface area contributed by atoms with Crippen LogP contribution < -0.4 is 5.32 Å². The molecule has 138 valence electrons. The first kappa shape index (κ1) is 17.0. The highest BCUT2D eigenvalue weighted by Crippen LogP contribution is 2.43. The van der Waals surface area contributed by atoms with Crippen LogP contribution in [0.25, 0.3) is 22.0 Å². The molecule has 1 N–H and O–H groups in total. The first-order valence-electron chi connectivity index (χ1n) is 10.0. The van der Waals surface area contributed by atoms with Gasteiger partial charge in [0.2, 0.25) is 0 Å². The van der Waals surface area contributed by atoms with Crippen molar-refractivity contribution in [2.24, 2.45) is 0 Å². The Morgan fingerprint density at radius 3 is 2.36 bits per heavy atom. The Kier molecular flexibility index (Phi) is 4.12. The molecule has 1 aliphatic heterocycles. The Hall–Kier alpha value is -3.13. The molecular formula is C26H24N2. The number of benzene rings is 3. The maximum Gasteiger partial charge on any atom is 0.0945 e. The predicted octanol–water partition coefficient (Wildman–Crippen LogP) is 6.55. The first-order valence-corrected chi connectivity index (χ1v) is 10.0. The van der Waals surface area contributed by atoms with Gasteiger partial charge >= 0.3 is 0 Å². The van der Waals surface area contributed by atoms with Crippen molar-refractivity contribution < 1.29 is 0 Å². The van der Waals surface area contributed by atoms with Gasteiger partial charge in [0.15, 0.2) is 0 Å². The van der Waals surface area contributed by atoms with E-state index in [9.17, 15) is 0 Å². The lowest BCUT2D eigenvalue weighted by atomic mass is 9.81. The van der Waals surface area contributed by atoms with Crippen molar-refractivity contribution in [2.75, 3.05) is 5.32 Å². The fourth-order valence-corrected chi connectivity index (χ4v) is 4.52. The second-order valence-electron chi connectivity index (χ2n) is 7.85. The third-order valence-corrected chi connectivity index (χ3v) is 5.78. The Bertz CT molecular complexity index is 1130. The largest absolute Gasteiger partial charge is 0.381 e. The Labute approximate surface area is 166 Å². The summed E-state index contributed by atoms with van der Waals surface area (Å²) in [5.74, 6) is 0.402. The molecule has 2 unspecified atom stereocenters. The highest BCUT2D eigenvalue weighted by atomic mass is 14.9. The van der Waals surface area contributed by atoms with Gasteiger partial charge in [-0.05, 0) is 48.6 Å². The van der Waals surface area contributed by atoms with Crippen LogP contribution >= 0.6 is 0 Å². The molecule has 5 rings (SSSR count). The van der Waals surface area contributed by atoms with Crippen molar-refractivity contribution in [3.8, 4) is 11.1 Å². The van der Waals surface area contributed by atoms with Crippen LogP contribution in [0.4, 0.5) is 5.69 Å². The molecule has 2 heterocycles. The SMILES string of the molecule is Cc1cc(-c2ccccc2)c2ccc3c(c2n1)NC(C)CC3c1ccccc1. The number of rotatable bonds is 2. The summed E-state index contributed by atoms with van der Waals surface area (Å²) < 4.78 is 0. The van der Waals surface area contributed by atoms with E-state index in [-0.39, 0.29) is 0 Å². The van der Waals surface area contributed by atoms with Crippen LogP contribution in [0.2, 0.25) is 0 Å². The number of nitrogens with one attached hydrogen (secondary N) is 1. The molecule has 0 saturated carbocycles. The lowest BCUT2D eigenvalue weighted by molar-refractivity contribution is 0.616. The second-order valence-corrected chi connectivity index (χ2v) is 7.85. The molecule has 1 aromatic heterocycles. The predicted molar refractivity (Wildman–Crippen MR) is 118 cm³/mol. The highest BCUT2D eigenvalue weighted by Gasteiger charge is 2.27. The fraction of sp³-hybridized carbons (Fsp3) is 0.192. The van der Waals surface area contributed by atoms with E-state index < -0.39 is 0 Å². The summed E-state index contributed by atoms with van der Waals surface area (Å²) in [6.45, 7) is 4.36. The number of hydrogen-bond donors (Lipinski definition) is 1. The van der Waals surface area contributed by atoms with Crippen molar-refractivity contribution in [1.29, 1.82) is 0 Å². The molecule has 28 heavy (non-hydrogen) atoms. The number of anilines is 1. The second kappa shape index (κ2) is 6.79. The zero-order chi connectivity index (χ0) is 19.1. The number of aryl methyl sites for hydroxylation is 1. The molecular weight excluding hydrogens is 340 g/mol. The van der Waals surface area contributed by atoms with Gasteiger partial charge in [-0.25, -0.2) is 0 Å². The number of fused-ring (bicyclic) bond motifs is 3. The molecule has 3 aromatic carbocycles. The fourth-order valence-electron chi connectivity index (χ4n) is 4.52. The minimum absolute atomic E-state index is 0.402. The summed E-state index contributed by atoms with van der Waals surface area (Å²) in [6.07, 6.45) is 1.10. The molecule has 0 aliphatic carbocycles. The summed E-state index contributed by atoms with van der Waals surface area (Å²) in [6, 6.07) is 28.6. The average Bonchev–Trinajstić information content (AvgIpc) is 2.74. The van der Waals surface area contributed by atoms with Gasteiger partial charge in [0, 0.05) is 23.0 Å². The summed E-state index contributed by atoms with van der Waals surface area (Å²) in [5, 5.41) is 4.96. The van der Waals surface area contributed by atoms with E-state index in [1.165, 1.54) is 33.3 Å². The van der Waals surface area contributed by atoms with Crippen LogP contribution in [0.5, 0.6) is 0 Å². The van der Waals surface area contributed by atoms with Crippen molar-refractivity contribution in [1.82, 2.24) is 4.98 Å². The Morgan fingerprint density at radius 2 is 1.61 bits per heavy atom. The van der Waals surface area contributed by atoms with Crippen molar-refractivity contribution >= 4 is 16.6 Å². The Morgan fingerprint density at radius 1 is 0.893 bits per heavy atom. The van der Waals surface area contributed by atoms with Gasteiger partial charge < -0.3 is 5.32 Å². The molecule has 1 aliphatic rings. The Balaban J connectivity index is 1.76. The minimum Gasteiger partial charge on any atom is -0.381 e. The van der Waals surface area contributed by atoms with Gasteiger partial charge in [0.1, 0.15) is 0 Å². The van der Waals surface area contributed by atoms with Gasteiger partial charge in [-0.1, -0.05) is 72.8 Å². The van der Waals surface area contributed by atoms with Crippen LogP contribution in [0.3, 0.4) is 0 Å². The maximum atomic E-state index is 4.98. The van der Waals surface area contributed by atoms with Crippen LogP contribution in [-0.2, 0) is 0 Å². The third kappa shape index (κ3) is 2.86. The van der Waals surface area contributed by atoms with E-state index in [1.807, 2.05) is 0 Å². The molecule has 0 bridgehead atoms. The lowest BCUT2D eigenvalue weighted by Gasteiger charge is -2.32. The number of pyridine rings is 1. The molecule has 0 saturated heterocycles. The summed E-state index contributed by atoms with van der Waals surface area (Å²) >= 11 is 0. The smallest absolute Gasteiger partial charge is 0.0945 e. The average molecular weight is 364 g/mol. The van der Waals surface area contributed by atoms with Gasteiger partial charge in [-0.2, -0.15) is 0 Å². The highest BCUT2D eigenvalue weighted by molar-refractivity contribution is 6.02. The summed E-state index contributed by atoms with van der Waals surface area (Å²) in [4.78, 5) is 4.98. The number of nitrogens with zero attached hydrogens (tertiary/aromatic N) is 1. The molecule has 0 amide bonds. The van der Waals surface area contributed by atoms with Crippen molar-refractivity contribution in [3.05, 3.63) is 95.7 Å². The van der Waals surface area contributed by atoms with Gasteiger partial charge in [0.25, 0.3) is 0 Å². The van der Waals surface area contributed by atoms with Crippen molar-refractivity contribution in [3.63, 3.8) is 0 Å². The zero-order valence-electron chi connectivity index (χ0n) is 16.3. The topological polar surface area (TPSA) is 24.9 Å². The summed E-state index contributed by atoms with van der Waals surface area (Å²) in [7, 11) is 0. The maximum absolute atomic E-state index is 4.98. The number of aromatic nitrogens is 1. The van der Waals surface area contributed by atoms with Crippen LogP contribution in [0, 0.1) is 6.92 Å². The van der Waals surface area contributed by atoms with E-state index in [4.69, 9.17) is 4.98 Å². The van der Waals surface area contributed by atoms with E-state index >= 15 is 0 Å². The quantitative estimate of drug-likeness (QED) is 0.436. The molecule has 2 atom stereocenters. The van der Waals surface area contributed by atoms with Gasteiger partial charge in [-0.3, -0.25) is 4.98 Å². The monoisotopic (exact) mass is 364 g/mol. The van der Waals surface area contributed by atoms with Crippen LogP contribution in [-0.4, -0.2) is 11.0 Å². The standard InChI is InChI=1S/C26H24N2/c1-17-15-23(19-9-5-3-6-10-19)21-13-14-22-24(20-11-7-4-8-12-20)16-18(2)28-26(22)25(21)27-17/h3-15,18,24,28H,16H2,1-2H3. The third-order valence-electron chi connectivity index (χ3n) is 5.78. The van der Waals surface area contributed by atoms with Gasteiger partial charge in [-0.15, -0.1) is 0 Å². The van der Waals surface area contributed by atoms with Crippen molar-refractivity contribution in [2.45, 2.75) is 32.2 Å². The van der Waals surface area contributed by atoms with Gasteiger partial charge in [0.05, 0.1) is 11.2 Å². The first-order chi connectivity index (χ1) is 13.7. The van der Waals surface area contributed by atoms with Crippen LogP contribution in [0.1, 0.15) is 36.1 Å². The minimum atomic E-state index is 0.402. The van der Waals surface area contributed by atoms with E-state index in [2.05, 4.69) is 98.0 Å². The normalized spacial score (nSPS) is 18.5. The molecule has 0 fully saturated rings. The summed E-state index contributed by atoms with van der Waals surface area (Å²) in [5.41, 5.74) is 8.57. The zero-order valence-corrected chi connectivity index (χ0v) is 16.3. The van der Waals surface area contributed by atoms with E-state index in [0.717, 1.165) is 17.6 Å². The molecule has 2 heteroatoms. The van der Waals surface area contributed by atoms with E-state index in [1.54, 1.807) is 0 Å². The molecule has 2 nitrogen and oxygen atoms in total. The number of hydrogen-bond acceptors (Lipinski definition) is 2. The van der Waals surface area contributed by atoms with Crippen LogP contribution in [0.15, 0.2) is 78.9 Å². The molecule has 4 aromatic rings.